The summed E-state index contributed by atoms with van der Waals surface area (Å²) in [6.07, 6.45) is 4.68. The van der Waals surface area contributed by atoms with E-state index >= 15 is 0 Å². The molecule has 0 radical (unpaired) electrons. The highest BCUT2D eigenvalue weighted by Crippen LogP contribution is 2.62. The molecule has 2 aliphatic rings. The van der Waals surface area contributed by atoms with Crippen molar-refractivity contribution in [1.82, 2.24) is 0 Å². The summed E-state index contributed by atoms with van der Waals surface area (Å²) in [7, 11) is 0. The molecule has 0 amide bonds. The van der Waals surface area contributed by atoms with E-state index in [1.54, 1.807) is 13.0 Å². The zero-order valence-electron chi connectivity index (χ0n) is 15.4. The number of aliphatic hydroxyl groups is 2. The molecule has 7 unspecified atom stereocenters. The van der Waals surface area contributed by atoms with Crippen molar-refractivity contribution < 1.29 is 15.0 Å². The van der Waals surface area contributed by atoms with E-state index in [1.165, 1.54) is 0 Å². The smallest absolute Gasteiger partial charge is 0.133 e. The van der Waals surface area contributed by atoms with Crippen LogP contribution in [0, 0.1) is 28.6 Å². The van der Waals surface area contributed by atoms with Gasteiger partial charge in [0.1, 0.15) is 5.78 Å². The quantitative estimate of drug-likeness (QED) is 0.775. The van der Waals surface area contributed by atoms with Crippen molar-refractivity contribution in [2.24, 2.45) is 28.6 Å². The van der Waals surface area contributed by atoms with Crippen LogP contribution in [-0.4, -0.2) is 27.7 Å². The van der Waals surface area contributed by atoms with Crippen LogP contribution in [0.15, 0.2) is 12.7 Å². The fourth-order valence-electron chi connectivity index (χ4n) is 5.20. The highest BCUT2D eigenvalue weighted by Gasteiger charge is 2.59. The van der Waals surface area contributed by atoms with Gasteiger partial charge in [-0.25, -0.2) is 0 Å². The molecule has 7 atom stereocenters. The molecule has 0 saturated heterocycles. The van der Waals surface area contributed by atoms with Gasteiger partial charge in [0.15, 0.2) is 0 Å². The molecule has 23 heavy (non-hydrogen) atoms. The molecule has 2 N–H and O–H groups in total. The molecule has 0 aromatic carbocycles. The van der Waals surface area contributed by atoms with E-state index in [9.17, 15) is 15.0 Å². The fraction of sp³-hybridized carbons (Fsp3) is 0.850. The van der Waals surface area contributed by atoms with Gasteiger partial charge in [0, 0.05) is 12.8 Å². The summed E-state index contributed by atoms with van der Waals surface area (Å²) in [6.45, 7) is 14.2. The van der Waals surface area contributed by atoms with Crippen LogP contribution in [0.5, 0.6) is 0 Å². The molecule has 2 saturated carbocycles. The van der Waals surface area contributed by atoms with E-state index in [2.05, 4.69) is 34.3 Å². The van der Waals surface area contributed by atoms with E-state index in [1.807, 2.05) is 0 Å². The van der Waals surface area contributed by atoms with Gasteiger partial charge in [-0.1, -0.05) is 33.8 Å². The second kappa shape index (κ2) is 6.00. The summed E-state index contributed by atoms with van der Waals surface area (Å²) in [4.78, 5) is 12.3. The topological polar surface area (TPSA) is 57.5 Å². The number of hydrogen-bond donors (Lipinski definition) is 2. The highest BCUT2D eigenvalue weighted by atomic mass is 16.3. The first-order chi connectivity index (χ1) is 10.5. The van der Waals surface area contributed by atoms with Crippen molar-refractivity contribution in [2.45, 2.75) is 78.4 Å². The number of rotatable bonds is 4. The third-order valence-corrected chi connectivity index (χ3v) is 7.56. The average Bonchev–Trinajstić information content (AvgIpc) is 2.47. The summed E-state index contributed by atoms with van der Waals surface area (Å²) < 4.78 is 0. The molecular weight excluding hydrogens is 288 g/mol. The molecule has 0 bridgehead atoms. The van der Waals surface area contributed by atoms with Gasteiger partial charge in [-0.15, -0.1) is 6.58 Å². The molecule has 3 heteroatoms. The first-order valence-electron chi connectivity index (χ1n) is 9.02. The number of Topliss-reactive ketones (excluding diaryl/α,β-unsaturated/α-hetero) is 1. The predicted molar refractivity (Wildman–Crippen MR) is 93.0 cm³/mol. The molecule has 0 aromatic rings. The monoisotopic (exact) mass is 322 g/mol. The lowest BCUT2D eigenvalue weighted by Gasteiger charge is -2.61. The number of fused-ring (bicyclic) bond motifs is 1. The van der Waals surface area contributed by atoms with Crippen LogP contribution in [0.1, 0.15) is 66.7 Å². The Hall–Kier alpha value is -0.670. The van der Waals surface area contributed by atoms with E-state index in [0.717, 1.165) is 12.8 Å². The Morgan fingerprint density at radius 2 is 1.96 bits per heavy atom. The van der Waals surface area contributed by atoms with E-state index in [-0.39, 0.29) is 28.8 Å². The van der Waals surface area contributed by atoms with Gasteiger partial charge in [-0.05, 0) is 54.8 Å². The Morgan fingerprint density at radius 1 is 1.35 bits per heavy atom. The molecule has 2 fully saturated rings. The lowest BCUT2D eigenvalue weighted by Crippen LogP contribution is -2.58. The van der Waals surface area contributed by atoms with Crippen LogP contribution in [0.4, 0.5) is 0 Å². The molecule has 2 aliphatic carbocycles. The van der Waals surface area contributed by atoms with Crippen LogP contribution < -0.4 is 0 Å². The third-order valence-electron chi connectivity index (χ3n) is 7.56. The molecule has 0 aromatic heterocycles. The van der Waals surface area contributed by atoms with Crippen LogP contribution in [-0.2, 0) is 4.79 Å². The van der Waals surface area contributed by atoms with E-state index < -0.39 is 5.60 Å². The first-order valence-corrected chi connectivity index (χ1v) is 9.02. The lowest BCUT2D eigenvalue weighted by molar-refractivity contribution is -0.170. The van der Waals surface area contributed by atoms with Crippen molar-refractivity contribution >= 4 is 5.78 Å². The van der Waals surface area contributed by atoms with Gasteiger partial charge >= 0.3 is 0 Å². The van der Waals surface area contributed by atoms with Crippen LogP contribution in [0.25, 0.3) is 0 Å². The minimum absolute atomic E-state index is 0.00533. The third kappa shape index (κ3) is 3.15. The van der Waals surface area contributed by atoms with Gasteiger partial charge < -0.3 is 10.2 Å². The second-order valence-electron chi connectivity index (χ2n) is 9.03. The number of hydrogen-bond acceptors (Lipinski definition) is 3. The Kier molecular flexibility index (Phi) is 4.87. The molecule has 132 valence electrons. The highest BCUT2D eigenvalue weighted by molar-refractivity contribution is 5.80. The van der Waals surface area contributed by atoms with Gasteiger partial charge in [0.25, 0.3) is 0 Å². The Morgan fingerprint density at radius 3 is 2.52 bits per heavy atom. The summed E-state index contributed by atoms with van der Waals surface area (Å²) in [5, 5.41) is 21.1. The van der Waals surface area contributed by atoms with E-state index in [4.69, 9.17) is 0 Å². The largest absolute Gasteiger partial charge is 0.393 e. The molecule has 0 aliphatic heterocycles. The maximum absolute atomic E-state index is 12.3. The van der Waals surface area contributed by atoms with Crippen LogP contribution in [0.2, 0.25) is 0 Å². The summed E-state index contributed by atoms with van der Waals surface area (Å²) in [5.74, 6) is 1.05. The zero-order chi connectivity index (χ0) is 17.6. The Balaban J connectivity index is 2.36. The number of ketones is 1. The summed E-state index contributed by atoms with van der Waals surface area (Å²) >= 11 is 0. The maximum atomic E-state index is 12.3. The Bertz CT molecular complexity index is 483. The molecule has 2 rings (SSSR count). The summed E-state index contributed by atoms with van der Waals surface area (Å²) in [5.41, 5.74) is -1.05. The van der Waals surface area contributed by atoms with Gasteiger partial charge in [0.2, 0.25) is 0 Å². The normalized spacial score (nSPS) is 46.8. The number of aliphatic hydroxyl groups excluding tert-OH is 1. The SMILES string of the molecule is C=CC(C)(O)CCC1(C)C(C)C(O)CC2(C)C(C)CC(=O)CC21. The first kappa shape index (κ1) is 18.7. The van der Waals surface area contributed by atoms with Gasteiger partial charge in [0.05, 0.1) is 11.7 Å². The summed E-state index contributed by atoms with van der Waals surface area (Å²) in [6, 6.07) is 0. The lowest BCUT2D eigenvalue weighted by atomic mass is 9.44. The van der Waals surface area contributed by atoms with Gasteiger partial charge in [-0.3, -0.25) is 4.79 Å². The number of carbonyl (C=O) groups is 1. The molecule has 0 spiro atoms. The van der Waals surface area contributed by atoms with Crippen molar-refractivity contribution in [3.8, 4) is 0 Å². The standard InChI is InChI=1S/C20H34O3/c1-7-18(4,23)8-9-19(5)14(3)16(22)12-20(6)13(2)10-15(21)11-17(19)20/h7,13-14,16-17,22-23H,1,8-12H2,2-6H3. The van der Waals surface area contributed by atoms with Crippen molar-refractivity contribution in [2.75, 3.05) is 0 Å². The molecule has 3 nitrogen and oxygen atoms in total. The van der Waals surface area contributed by atoms with Crippen molar-refractivity contribution in [1.29, 1.82) is 0 Å². The molecular formula is C20H34O3. The zero-order valence-corrected chi connectivity index (χ0v) is 15.4. The van der Waals surface area contributed by atoms with E-state index in [0.29, 0.717) is 31.0 Å². The van der Waals surface area contributed by atoms with Gasteiger partial charge in [-0.2, -0.15) is 0 Å². The maximum Gasteiger partial charge on any atom is 0.133 e. The Labute approximate surface area is 141 Å². The second-order valence-corrected chi connectivity index (χ2v) is 9.03. The average molecular weight is 322 g/mol. The van der Waals surface area contributed by atoms with Crippen LogP contribution >= 0.6 is 0 Å². The fourth-order valence-corrected chi connectivity index (χ4v) is 5.20. The minimum atomic E-state index is -0.897. The van der Waals surface area contributed by atoms with Crippen molar-refractivity contribution in [3.05, 3.63) is 12.7 Å². The minimum Gasteiger partial charge on any atom is -0.393 e. The van der Waals surface area contributed by atoms with Crippen LogP contribution in [0.3, 0.4) is 0 Å². The van der Waals surface area contributed by atoms with Crippen molar-refractivity contribution in [3.63, 3.8) is 0 Å². The predicted octanol–water partition coefficient (Wildman–Crippen LogP) is 3.73. The number of carbonyl (C=O) groups excluding carboxylic acids is 1. The molecule has 0 heterocycles.